The molecule has 0 aliphatic carbocycles. The Morgan fingerprint density at radius 3 is 2.52 bits per heavy atom. The Morgan fingerprint density at radius 2 is 1.78 bits per heavy atom. The van der Waals surface area contributed by atoms with Crippen LogP contribution >= 0.6 is 12.2 Å². The van der Waals surface area contributed by atoms with E-state index in [-0.39, 0.29) is 11.9 Å². The third-order valence-electron chi connectivity index (χ3n) is 4.94. The van der Waals surface area contributed by atoms with Crippen LogP contribution in [0.25, 0.3) is 0 Å². The van der Waals surface area contributed by atoms with Gasteiger partial charge < -0.3 is 4.90 Å². The summed E-state index contributed by atoms with van der Waals surface area (Å²) in [4.78, 5) is 16.7. The van der Waals surface area contributed by atoms with E-state index in [1.165, 1.54) is 22.3 Å². The van der Waals surface area contributed by atoms with Crippen LogP contribution in [0.5, 0.6) is 0 Å². The third-order valence-corrected chi connectivity index (χ3v) is 5.36. The number of fused-ring (bicyclic) bond motifs is 2. The molecule has 4 heteroatoms. The van der Waals surface area contributed by atoms with Crippen molar-refractivity contribution in [1.82, 2.24) is 4.90 Å². The van der Waals surface area contributed by atoms with E-state index in [9.17, 15) is 4.79 Å². The summed E-state index contributed by atoms with van der Waals surface area (Å²) in [6, 6.07) is 14.2. The first-order chi connectivity index (χ1) is 11.1. The predicted molar refractivity (Wildman–Crippen MR) is 95.5 cm³/mol. The molecule has 116 valence electrons. The number of carbonyl (C=O) groups excluding carboxylic acids is 1. The number of benzene rings is 2. The molecule has 0 unspecified atom stereocenters. The predicted octanol–water partition coefficient (Wildman–Crippen LogP) is 3.36. The van der Waals surface area contributed by atoms with Crippen molar-refractivity contribution in [2.75, 3.05) is 4.90 Å². The third kappa shape index (κ3) is 2.17. The van der Waals surface area contributed by atoms with Gasteiger partial charge in [0.1, 0.15) is 6.04 Å². The molecule has 1 fully saturated rings. The topological polar surface area (TPSA) is 23.6 Å². The lowest BCUT2D eigenvalue weighted by Gasteiger charge is -2.30. The van der Waals surface area contributed by atoms with Crippen LogP contribution in [-0.2, 0) is 17.8 Å². The van der Waals surface area contributed by atoms with E-state index in [4.69, 9.17) is 12.2 Å². The molecule has 2 aliphatic rings. The zero-order valence-electron chi connectivity index (χ0n) is 13.2. The van der Waals surface area contributed by atoms with Gasteiger partial charge in [0.25, 0.3) is 5.91 Å². The molecule has 2 aliphatic heterocycles. The van der Waals surface area contributed by atoms with Gasteiger partial charge >= 0.3 is 0 Å². The summed E-state index contributed by atoms with van der Waals surface area (Å²) in [7, 11) is 0. The van der Waals surface area contributed by atoms with Crippen LogP contribution in [0.15, 0.2) is 42.5 Å². The Bertz CT molecular complexity index is 787. The average molecular weight is 322 g/mol. The highest BCUT2D eigenvalue weighted by molar-refractivity contribution is 7.80. The first kappa shape index (κ1) is 14.4. The molecule has 0 N–H and O–H groups in total. The lowest BCUT2D eigenvalue weighted by molar-refractivity contribution is -0.119. The fraction of sp³-hybridized carbons (Fsp3) is 0.263. The second-order valence-electron chi connectivity index (χ2n) is 6.34. The molecule has 0 saturated carbocycles. The highest BCUT2D eigenvalue weighted by Gasteiger charge is 2.45. The van der Waals surface area contributed by atoms with Gasteiger partial charge in [0.15, 0.2) is 5.11 Å². The van der Waals surface area contributed by atoms with Gasteiger partial charge in [0.05, 0.1) is 5.69 Å². The molecule has 23 heavy (non-hydrogen) atoms. The van der Waals surface area contributed by atoms with E-state index in [0.29, 0.717) is 11.7 Å². The van der Waals surface area contributed by atoms with Crippen molar-refractivity contribution in [3.63, 3.8) is 0 Å². The van der Waals surface area contributed by atoms with E-state index >= 15 is 0 Å². The summed E-state index contributed by atoms with van der Waals surface area (Å²) < 4.78 is 0. The van der Waals surface area contributed by atoms with Gasteiger partial charge in [-0.1, -0.05) is 30.3 Å². The van der Waals surface area contributed by atoms with Crippen LogP contribution in [0.4, 0.5) is 5.69 Å². The molecule has 1 saturated heterocycles. The van der Waals surface area contributed by atoms with Crippen molar-refractivity contribution in [3.8, 4) is 0 Å². The van der Waals surface area contributed by atoms with E-state index in [0.717, 1.165) is 12.1 Å². The molecule has 4 rings (SSSR count). The Labute approximate surface area is 141 Å². The van der Waals surface area contributed by atoms with Crippen molar-refractivity contribution < 1.29 is 4.79 Å². The first-order valence-corrected chi connectivity index (χ1v) is 8.25. The van der Waals surface area contributed by atoms with Gasteiger partial charge in [-0.25, -0.2) is 0 Å². The number of anilines is 1. The van der Waals surface area contributed by atoms with E-state index in [1.54, 1.807) is 4.90 Å². The number of carbonyl (C=O) groups is 1. The average Bonchev–Trinajstić information content (AvgIpc) is 2.79. The molecule has 0 spiro atoms. The fourth-order valence-corrected chi connectivity index (χ4v) is 3.81. The van der Waals surface area contributed by atoms with Crippen LogP contribution in [0.2, 0.25) is 0 Å². The number of thiocarbonyl (C=S) groups is 1. The minimum absolute atomic E-state index is 0.0905. The van der Waals surface area contributed by atoms with Crippen LogP contribution in [0.3, 0.4) is 0 Å². The molecular weight excluding hydrogens is 304 g/mol. The van der Waals surface area contributed by atoms with Gasteiger partial charge in [-0.15, -0.1) is 0 Å². The molecule has 2 aromatic rings. The number of hydrogen-bond acceptors (Lipinski definition) is 2. The molecule has 0 aromatic heterocycles. The first-order valence-electron chi connectivity index (χ1n) is 7.85. The quantitative estimate of drug-likeness (QED) is 0.752. The van der Waals surface area contributed by atoms with Crippen molar-refractivity contribution in [2.24, 2.45) is 0 Å². The van der Waals surface area contributed by atoms with E-state index < -0.39 is 0 Å². The summed E-state index contributed by atoms with van der Waals surface area (Å²) in [6.07, 6.45) is 0.733. The summed E-state index contributed by atoms with van der Waals surface area (Å²) in [5, 5.41) is 0.623. The Kier molecular flexibility index (Phi) is 3.23. The van der Waals surface area contributed by atoms with Gasteiger partial charge in [0, 0.05) is 13.0 Å². The Hall–Kier alpha value is -2.20. The highest BCUT2D eigenvalue weighted by Crippen LogP contribution is 2.33. The number of hydrogen-bond donors (Lipinski definition) is 0. The lowest BCUT2D eigenvalue weighted by Crippen LogP contribution is -2.39. The van der Waals surface area contributed by atoms with Crippen LogP contribution in [-0.4, -0.2) is 22.0 Å². The van der Waals surface area contributed by atoms with Gasteiger partial charge in [-0.3, -0.25) is 9.69 Å². The second-order valence-corrected chi connectivity index (χ2v) is 6.71. The SMILES string of the molecule is Cc1ccc(N2C(=O)[C@@H]3Cc4ccccc4CN3C2=S)cc1C. The fourth-order valence-electron chi connectivity index (χ4n) is 3.42. The van der Waals surface area contributed by atoms with Gasteiger partial charge in [0.2, 0.25) is 0 Å². The van der Waals surface area contributed by atoms with Gasteiger partial charge in [-0.05, 0) is 60.5 Å². The van der Waals surface area contributed by atoms with E-state index in [1.807, 2.05) is 30.3 Å². The highest BCUT2D eigenvalue weighted by atomic mass is 32.1. The molecule has 1 atom stereocenters. The van der Waals surface area contributed by atoms with Crippen molar-refractivity contribution in [2.45, 2.75) is 32.9 Å². The number of nitrogens with zero attached hydrogens (tertiary/aromatic N) is 2. The Morgan fingerprint density at radius 1 is 1.04 bits per heavy atom. The molecule has 0 bridgehead atoms. The van der Waals surface area contributed by atoms with Crippen molar-refractivity contribution >= 4 is 28.9 Å². The molecule has 2 aromatic carbocycles. The normalized spacial score (nSPS) is 19.8. The molecule has 1 amide bonds. The van der Waals surface area contributed by atoms with E-state index in [2.05, 4.69) is 30.9 Å². The summed E-state index contributed by atoms with van der Waals surface area (Å²) in [6.45, 7) is 4.85. The minimum Gasteiger partial charge on any atom is -0.332 e. The zero-order valence-corrected chi connectivity index (χ0v) is 14.1. The minimum atomic E-state index is -0.168. The standard InChI is InChI=1S/C19H18N2OS/c1-12-7-8-16(9-13(12)2)21-18(22)17-10-14-5-3-4-6-15(14)11-20(17)19(21)23/h3-9,17H,10-11H2,1-2H3/t17-/m0/s1. The second kappa shape index (κ2) is 5.17. The number of aryl methyl sites for hydroxylation is 2. The summed E-state index contributed by atoms with van der Waals surface area (Å²) >= 11 is 5.63. The maximum absolute atomic E-state index is 13.0. The molecule has 3 nitrogen and oxygen atoms in total. The number of amides is 1. The lowest BCUT2D eigenvalue weighted by atomic mass is 9.95. The monoisotopic (exact) mass is 322 g/mol. The smallest absolute Gasteiger partial charge is 0.256 e. The van der Waals surface area contributed by atoms with Crippen LogP contribution in [0.1, 0.15) is 22.3 Å². The molecular formula is C19H18N2OS. The van der Waals surface area contributed by atoms with Crippen molar-refractivity contribution in [1.29, 1.82) is 0 Å². The summed E-state index contributed by atoms with van der Waals surface area (Å²) in [5.74, 6) is 0.0905. The zero-order chi connectivity index (χ0) is 16.1. The van der Waals surface area contributed by atoms with Crippen molar-refractivity contribution in [3.05, 3.63) is 64.7 Å². The molecule has 2 heterocycles. The van der Waals surface area contributed by atoms with Gasteiger partial charge in [-0.2, -0.15) is 0 Å². The largest absolute Gasteiger partial charge is 0.332 e. The maximum Gasteiger partial charge on any atom is 0.256 e. The molecule has 0 radical (unpaired) electrons. The van der Waals surface area contributed by atoms with Crippen LogP contribution < -0.4 is 4.90 Å². The number of rotatable bonds is 1. The maximum atomic E-state index is 13.0. The van der Waals surface area contributed by atoms with Crippen LogP contribution in [0, 0.1) is 13.8 Å². The Balaban J connectivity index is 1.72. The summed E-state index contributed by atoms with van der Waals surface area (Å²) in [5.41, 5.74) is 5.79.